The van der Waals surface area contributed by atoms with Crippen LogP contribution in [-0.2, 0) is 4.79 Å². The first-order valence-corrected chi connectivity index (χ1v) is 9.65. The van der Waals surface area contributed by atoms with Crippen LogP contribution in [0.4, 0.5) is 33.5 Å². The molecule has 2 aromatic carbocycles. The fourth-order valence-electron chi connectivity index (χ4n) is 2.90. The van der Waals surface area contributed by atoms with E-state index in [9.17, 15) is 9.59 Å². The second kappa shape index (κ2) is 8.23. The summed E-state index contributed by atoms with van der Waals surface area (Å²) in [5, 5.41) is 20.1. The van der Waals surface area contributed by atoms with Gasteiger partial charge in [0.05, 0.1) is 11.6 Å². The molecule has 0 saturated heterocycles. The van der Waals surface area contributed by atoms with Crippen molar-refractivity contribution in [2.75, 3.05) is 21.3 Å². The number of benzene rings is 2. The van der Waals surface area contributed by atoms with E-state index in [1.807, 2.05) is 6.07 Å². The van der Waals surface area contributed by atoms with Gasteiger partial charge in [-0.25, -0.2) is 14.8 Å². The summed E-state index contributed by atoms with van der Waals surface area (Å²) in [5.41, 5.74) is 1.31. The molecule has 4 N–H and O–H groups in total. The number of aromatic nitrogens is 2. The lowest BCUT2D eigenvalue weighted by Gasteiger charge is -2.31. The molecule has 10 nitrogen and oxygen atoms in total. The number of anilines is 5. The Morgan fingerprint density at radius 3 is 2.22 bits per heavy atom. The van der Waals surface area contributed by atoms with E-state index in [2.05, 4.69) is 31.2 Å². The van der Waals surface area contributed by atoms with Gasteiger partial charge in [-0.2, -0.15) is 5.26 Å². The Kier molecular flexibility index (Phi) is 5.30. The number of nitrogens with one attached hydrogen (secondary N) is 4. The molecule has 10 heteroatoms. The number of nitrogens with zero attached hydrogens (tertiary/aromatic N) is 3. The number of ether oxygens (including phenoxy) is 1. The first-order valence-electron chi connectivity index (χ1n) is 9.65. The normalized spacial score (nSPS) is 13.6. The van der Waals surface area contributed by atoms with E-state index in [1.54, 1.807) is 62.4 Å². The number of hydrogen-bond acceptors (Lipinski definition) is 7. The molecule has 0 bridgehead atoms. The van der Waals surface area contributed by atoms with Crippen molar-refractivity contribution in [1.82, 2.24) is 9.97 Å². The van der Waals surface area contributed by atoms with Gasteiger partial charge < -0.3 is 26.0 Å². The van der Waals surface area contributed by atoms with Crippen molar-refractivity contribution >= 4 is 40.6 Å². The zero-order valence-corrected chi connectivity index (χ0v) is 17.3. The van der Waals surface area contributed by atoms with Crippen molar-refractivity contribution in [2.45, 2.75) is 19.4 Å². The predicted molar refractivity (Wildman–Crippen MR) is 119 cm³/mol. The Morgan fingerprint density at radius 2 is 1.59 bits per heavy atom. The fraction of sp³-hybridized carbons (Fsp3) is 0.136. The van der Waals surface area contributed by atoms with Crippen LogP contribution in [0.2, 0.25) is 0 Å². The van der Waals surface area contributed by atoms with E-state index in [-0.39, 0.29) is 5.91 Å². The summed E-state index contributed by atoms with van der Waals surface area (Å²) in [6.45, 7) is 3.32. The molecule has 0 spiro atoms. The van der Waals surface area contributed by atoms with Crippen LogP contribution in [0, 0.1) is 11.3 Å². The average molecular weight is 429 g/mol. The SMILES string of the molecule is CC1(C)Oc2c(ncnc2Nc2ccc(NC(=O)Nc3ccc(C#N)cc3)cc2)NC1=O. The summed E-state index contributed by atoms with van der Waals surface area (Å²) >= 11 is 0. The Labute approximate surface area is 183 Å². The largest absolute Gasteiger partial charge is 0.470 e. The van der Waals surface area contributed by atoms with Gasteiger partial charge in [-0.05, 0) is 62.4 Å². The van der Waals surface area contributed by atoms with Crippen LogP contribution >= 0.6 is 0 Å². The van der Waals surface area contributed by atoms with Gasteiger partial charge in [-0.1, -0.05) is 0 Å². The summed E-state index contributed by atoms with van der Waals surface area (Å²) in [5.74, 6) is 0.761. The third-order valence-electron chi connectivity index (χ3n) is 4.62. The van der Waals surface area contributed by atoms with E-state index >= 15 is 0 Å². The third kappa shape index (κ3) is 4.41. The second-order valence-corrected chi connectivity index (χ2v) is 7.44. The molecule has 2 heterocycles. The lowest BCUT2D eigenvalue weighted by molar-refractivity contribution is -0.129. The zero-order chi connectivity index (χ0) is 22.7. The molecule has 32 heavy (non-hydrogen) atoms. The van der Waals surface area contributed by atoms with Crippen molar-refractivity contribution in [3.8, 4) is 11.8 Å². The Bertz CT molecular complexity index is 1220. The van der Waals surface area contributed by atoms with Crippen molar-refractivity contribution in [3.05, 3.63) is 60.4 Å². The quantitative estimate of drug-likeness (QED) is 0.494. The third-order valence-corrected chi connectivity index (χ3v) is 4.62. The molecule has 160 valence electrons. The molecule has 4 rings (SSSR count). The zero-order valence-electron chi connectivity index (χ0n) is 17.3. The Morgan fingerprint density at radius 1 is 1.00 bits per heavy atom. The highest BCUT2D eigenvalue weighted by molar-refractivity contribution is 6.01. The summed E-state index contributed by atoms with van der Waals surface area (Å²) in [7, 11) is 0. The maximum Gasteiger partial charge on any atom is 0.323 e. The molecule has 0 radical (unpaired) electrons. The van der Waals surface area contributed by atoms with E-state index < -0.39 is 11.6 Å². The summed E-state index contributed by atoms with van der Waals surface area (Å²) in [6, 6.07) is 15.1. The molecule has 1 aliphatic rings. The molecule has 0 atom stereocenters. The highest BCUT2D eigenvalue weighted by Gasteiger charge is 2.37. The van der Waals surface area contributed by atoms with Gasteiger partial charge in [0.1, 0.15) is 6.33 Å². The van der Waals surface area contributed by atoms with E-state index in [1.165, 1.54) is 6.33 Å². The molecule has 1 aliphatic heterocycles. The number of hydrogen-bond donors (Lipinski definition) is 4. The summed E-state index contributed by atoms with van der Waals surface area (Å²) < 4.78 is 5.80. The number of carbonyl (C=O) groups excluding carboxylic acids is 2. The summed E-state index contributed by atoms with van der Waals surface area (Å²) in [4.78, 5) is 32.5. The standard InChI is InChI=1S/C22H19N7O3/c1-22(2)20(30)29-19-17(32-22)18(24-12-25-19)26-14-7-9-16(10-8-14)28-21(31)27-15-5-3-13(11-23)4-6-15/h3-10,12H,1-2H3,(H2,27,28,31)(H2,24,25,26,29,30). The first-order chi connectivity index (χ1) is 15.3. The maximum atomic E-state index is 12.2. The minimum Gasteiger partial charge on any atom is -0.470 e. The highest BCUT2D eigenvalue weighted by Crippen LogP contribution is 2.38. The van der Waals surface area contributed by atoms with Gasteiger partial charge in [-0.3, -0.25) is 4.79 Å². The molecule has 0 fully saturated rings. The predicted octanol–water partition coefficient (Wildman–Crippen LogP) is 3.85. The number of rotatable bonds is 4. The van der Waals surface area contributed by atoms with E-state index in [0.717, 1.165) is 0 Å². The van der Waals surface area contributed by atoms with Gasteiger partial charge in [0, 0.05) is 17.1 Å². The molecular weight excluding hydrogens is 410 g/mol. The van der Waals surface area contributed by atoms with Gasteiger partial charge >= 0.3 is 6.03 Å². The van der Waals surface area contributed by atoms with Crippen LogP contribution < -0.4 is 26.0 Å². The molecule has 3 aromatic rings. The van der Waals surface area contributed by atoms with Crippen LogP contribution in [0.5, 0.6) is 5.75 Å². The highest BCUT2D eigenvalue weighted by atomic mass is 16.5. The molecular formula is C22H19N7O3. The first kappa shape index (κ1) is 20.6. The number of fused-ring (bicyclic) bond motifs is 1. The number of nitriles is 1. The number of amides is 3. The molecule has 0 unspecified atom stereocenters. The van der Waals surface area contributed by atoms with E-state index in [4.69, 9.17) is 10.00 Å². The van der Waals surface area contributed by atoms with Crippen molar-refractivity contribution in [3.63, 3.8) is 0 Å². The minimum atomic E-state index is -1.05. The maximum absolute atomic E-state index is 12.2. The monoisotopic (exact) mass is 429 g/mol. The van der Waals surface area contributed by atoms with Crippen LogP contribution in [0.25, 0.3) is 0 Å². The van der Waals surface area contributed by atoms with E-state index in [0.29, 0.717) is 40.0 Å². The van der Waals surface area contributed by atoms with Crippen LogP contribution in [0.15, 0.2) is 54.9 Å². The Balaban J connectivity index is 1.41. The molecule has 0 saturated carbocycles. The molecule has 3 amide bonds. The van der Waals surface area contributed by atoms with Gasteiger partial charge in [-0.15, -0.1) is 0 Å². The van der Waals surface area contributed by atoms with Crippen LogP contribution in [0.3, 0.4) is 0 Å². The molecule has 1 aromatic heterocycles. The number of urea groups is 1. The summed E-state index contributed by atoms with van der Waals surface area (Å²) in [6.07, 6.45) is 1.33. The lowest BCUT2D eigenvalue weighted by atomic mass is 10.1. The fourth-order valence-corrected chi connectivity index (χ4v) is 2.90. The van der Waals surface area contributed by atoms with Gasteiger partial charge in [0.2, 0.25) is 5.75 Å². The Hall–Kier alpha value is -4.65. The molecule has 0 aliphatic carbocycles. The number of carbonyl (C=O) groups is 2. The lowest BCUT2D eigenvalue weighted by Crippen LogP contribution is -2.46. The second-order valence-electron chi connectivity index (χ2n) is 7.44. The van der Waals surface area contributed by atoms with Crippen molar-refractivity contribution in [1.29, 1.82) is 5.26 Å². The minimum absolute atomic E-state index is 0.288. The van der Waals surface area contributed by atoms with Crippen LogP contribution in [0.1, 0.15) is 19.4 Å². The van der Waals surface area contributed by atoms with Gasteiger partial charge in [0.25, 0.3) is 5.91 Å². The smallest absolute Gasteiger partial charge is 0.323 e. The van der Waals surface area contributed by atoms with Crippen molar-refractivity contribution in [2.24, 2.45) is 0 Å². The topological polar surface area (TPSA) is 141 Å². The van der Waals surface area contributed by atoms with Gasteiger partial charge in [0.15, 0.2) is 17.2 Å². The van der Waals surface area contributed by atoms with Crippen molar-refractivity contribution < 1.29 is 14.3 Å². The van der Waals surface area contributed by atoms with Crippen LogP contribution in [-0.4, -0.2) is 27.5 Å². The average Bonchev–Trinajstić information content (AvgIpc) is 2.77.